The Morgan fingerprint density at radius 1 is 1.11 bits per heavy atom. The standard InChI is InChI=1S/C25H32N2O/c1-3-4-9-24(28)26-19-14-15-23-22(16-19)20-7-5-6-8-21(20)25(27-23)18-12-10-17(2)11-13-18/h10-16,20-21,25,27H,3-9H2,1-2H3,(H,26,28). The van der Waals surface area contributed by atoms with Gasteiger partial charge in [0.25, 0.3) is 0 Å². The summed E-state index contributed by atoms with van der Waals surface area (Å²) in [5.74, 6) is 1.32. The zero-order valence-electron chi connectivity index (χ0n) is 17.1. The summed E-state index contributed by atoms with van der Waals surface area (Å²) in [6.07, 6.45) is 7.72. The van der Waals surface area contributed by atoms with Gasteiger partial charge < -0.3 is 10.6 Å². The fourth-order valence-corrected chi connectivity index (χ4v) is 4.96. The molecule has 0 radical (unpaired) electrons. The van der Waals surface area contributed by atoms with E-state index in [0.29, 0.717) is 24.3 Å². The molecule has 0 aromatic heterocycles. The highest BCUT2D eigenvalue weighted by Crippen LogP contribution is 2.51. The first-order chi connectivity index (χ1) is 13.7. The second-order valence-corrected chi connectivity index (χ2v) is 8.54. The van der Waals surface area contributed by atoms with Gasteiger partial charge in [0.2, 0.25) is 5.91 Å². The van der Waals surface area contributed by atoms with E-state index in [9.17, 15) is 4.79 Å². The van der Waals surface area contributed by atoms with Gasteiger partial charge in [-0.25, -0.2) is 0 Å². The Labute approximate surface area is 168 Å². The van der Waals surface area contributed by atoms with Crippen LogP contribution >= 0.6 is 0 Å². The molecule has 1 aliphatic heterocycles. The van der Waals surface area contributed by atoms with Gasteiger partial charge in [0.05, 0.1) is 6.04 Å². The number of fused-ring (bicyclic) bond motifs is 3. The normalized spacial score (nSPS) is 23.3. The van der Waals surface area contributed by atoms with Crippen molar-refractivity contribution >= 4 is 17.3 Å². The number of amides is 1. The average molecular weight is 377 g/mol. The van der Waals surface area contributed by atoms with Crippen LogP contribution in [0.1, 0.15) is 80.5 Å². The Hall–Kier alpha value is -2.29. The lowest BCUT2D eigenvalue weighted by Gasteiger charge is -2.44. The third-order valence-corrected chi connectivity index (χ3v) is 6.49. The summed E-state index contributed by atoms with van der Waals surface area (Å²) in [6, 6.07) is 15.8. The van der Waals surface area contributed by atoms with Crippen molar-refractivity contribution in [3.05, 3.63) is 59.2 Å². The number of aryl methyl sites for hydroxylation is 1. The van der Waals surface area contributed by atoms with Crippen LogP contribution in [0.25, 0.3) is 0 Å². The van der Waals surface area contributed by atoms with Crippen LogP contribution in [0.5, 0.6) is 0 Å². The third kappa shape index (κ3) is 3.94. The zero-order chi connectivity index (χ0) is 19.5. The van der Waals surface area contributed by atoms with Crippen LogP contribution in [-0.4, -0.2) is 5.91 Å². The van der Waals surface area contributed by atoms with Gasteiger partial charge in [-0.3, -0.25) is 4.79 Å². The van der Waals surface area contributed by atoms with Gasteiger partial charge in [0.15, 0.2) is 0 Å². The van der Waals surface area contributed by atoms with Crippen LogP contribution in [0.2, 0.25) is 0 Å². The zero-order valence-corrected chi connectivity index (χ0v) is 17.1. The Morgan fingerprint density at radius 2 is 1.89 bits per heavy atom. The molecule has 2 N–H and O–H groups in total. The molecule has 0 spiro atoms. The predicted octanol–water partition coefficient (Wildman–Crippen LogP) is 6.56. The summed E-state index contributed by atoms with van der Waals surface area (Å²) in [5.41, 5.74) is 6.27. The summed E-state index contributed by atoms with van der Waals surface area (Å²) in [6.45, 7) is 4.26. The molecule has 2 aromatic carbocycles. The highest BCUT2D eigenvalue weighted by atomic mass is 16.1. The van der Waals surface area contributed by atoms with Crippen molar-refractivity contribution in [1.82, 2.24) is 0 Å². The van der Waals surface area contributed by atoms with Crippen LogP contribution < -0.4 is 10.6 Å². The molecule has 1 heterocycles. The number of hydrogen-bond acceptors (Lipinski definition) is 2. The second kappa shape index (κ2) is 8.38. The Bertz CT molecular complexity index is 827. The van der Waals surface area contributed by atoms with E-state index in [1.165, 1.54) is 48.1 Å². The molecule has 1 amide bonds. The first-order valence-corrected chi connectivity index (χ1v) is 10.9. The van der Waals surface area contributed by atoms with E-state index in [-0.39, 0.29) is 5.91 Å². The molecule has 1 aliphatic carbocycles. The number of benzene rings is 2. The third-order valence-electron chi connectivity index (χ3n) is 6.49. The van der Waals surface area contributed by atoms with Crippen molar-refractivity contribution < 1.29 is 4.79 Å². The first kappa shape index (κ1) is 19.0. The van der Waals surface area contributed by atoms with E-state index in [4.69, 9.17) is 0 Å². The fraction of sp³-hybridized carbons (Fsp3) is 0.480. The minimum absolute atomic E-state index is 0.128. The molecule has 0 bridgehead atoms. The number of unbranched alkanes of at least 4 members (excludes halogenated alkanes) is 1. The fourth-order valence-electron chi connectivity index (χ4n) is 4.96. The molecule has 2 aliphatic rings. The average Bonchev–Trinajstić information content (AvgIpc) is 2.72. The number of rotatable bonds is 5. The molecule has 0 saturated heterocycles. The molecule has 1 fully saturated rings. The molecular weight excluding hydrogens is 344 g/mol. The number of anilines is 2. The van der Waals surface area contributed by atoms with Crippen LogP contribution in [0.3, 0.4) is 0 Å². The minimum atomic E-state index is 0.128. The van der Waals surface area contributed by atoms with E-state index in [1.807, 2.05) is 6.07 Å². The Kier molecular flexibility index (Phi) is 5.70. The van der Waals surface area contributed by atoms with Crippen molar-refractivity contribution in [2.75, 3.05) is 10.6 Å². The summed E-state index contributed by atoms with van der Waals surface area (Å²) in [5, 5.41) is 6.94. The van der Waals surface area contributed by atoms with Crippen molar-refractivity contribution in [1.29, 1.82) is 0 Å². The van der Waals surface area contributed by atoms with Gasteiger partial charge in [0.1, 0.15) is 0 Å². The van der Waals surface area contributed by atoms with Gasteiger partial charge in [-0.1, -0.05) is 56.0 Å². The lowest BCUT2D eigenvalue weighted by Crippen LogP contribution is -2.33. The van der Waals surface area contributed by atoms with E-state index >= 15 is 0 Å². The first-order valence-electron chi connectivity index (χ1n) is 10.9. The minimum Gasteiger partial charge on any atom is -0.378 e. The molecule has 3 heteroatoms. The van der Waals surface area contributed by atoms with Gasteiger partial charge in [-0.05, 0) is 67.3 Å². The molecule has 2 aromatic rings. The largest absolute Gasteiger partial charge is 0.378 e. The van der Waals surface area contributed by atoms with Crippen LogP contribution in [-0.2, 0) is 4.79 Å². The Balaban J connectivity index is 1.61. The summed E-state index contributed by atoms with van der Waals surface area (Å²) < 4.78 is 0. The molecule has 148 valence electrons. The monoisotopic (exact) mass is 376 g/mol. The molecule has 28 heavy (non-hydrogen) atoms. The smallest absolute Gasteiger partial charge is 0.224 e. The summed E-state index contributed by atoms with van der Waals surface area (Å²) in [7, 11) is 0. The van der Waals surface area contributed by atoms with E-state index in [1.54, 1.807) is 0 Å². The van der Waals surface area contributed by atoms with Crippen molar-refractivity contribution in [2.24, 2.45) is 5.92 Å². The van der Waals surface area contributed by atoms with E-state index in [0.717, 1.165) is 18.5 Å². The number of carbonyl (C=O) groups is 1. The quantitative estimate of drug-likeness (QED) is 0.620. The number of hydrogen-bond donors (Lipinski definition) is 2. The second-order valence-electron chi connectivity index (χ2n) is 8.54. The van der Waals surface area contributed by atoms with Gasteiger partial charge in [-0.15, -0.1) is 0 Å². The van der Waals surface area contributed by atoms with Crippen LogP contribution in [0.15, 0.2) is 42.5 Å². The maximum absolute atomic E-state index is 12.2. The molecule has 3 nitrogen and oxygen atoms in total. The summed E-state index contributed by atoms with van der Waals surface area (Å²) in [4.78, 5) is 12.2. The Morgan fingerprint density at radius 3 is 2.68 bits per heavy atom. The summed E-state index contributed by atoms with van der Waals surface area (Å²) >= 11 is 0. The lowest BCUT2D eigenvalue weighted by molar-refractivity contribution is -0.116. The molecule has 3 atom stereocenters. The number of carbonyl (C=O) groups excluding carboxylic acids is 1. The van der Waals surface area contributed by atoms with Crippen LogP contribution in [0, 0.1) is 12.8 Å². The maximum atomic E-state index is 12.2. The van der Waals surface area contributed by atoms with Crippen molar-refractivity contribution in [3.8, 4) is 0 Å². The van der Waals surface area contributed by atoms with Crippen LogP contribution in [0.4, 0.5) is 11.4 Å². The molecular formula is C25H32N2O. The topological polar surface area (TPSA) is 41.1 Å². The molecule has 3 unspecified atom stereocenters. The predicted molar refractivity (Wildman–Crippen MR) is 117 cm³/mol. The SMILES string of the molecule is CCCCC(=O)Nc1ccc2c(c1)C1CCCCC1C(c1ccc(C)cc1)N2. The highest BCUT2D eigenvalue weighted by Gasteiger charge is 2.38. The lowest BCUT2D eigenvalue weighted by atomic mass is 9.68. The number of nitrogens with one attached hydrogen (secondary N) is 2. The van der Waals surface area contributed by atoms with Gasteiger partial charge in [-0.2, -0.15) is 0 Å². The van der Waals surface area contributed by atoms with Gasteiger partial charge in [0, 0.05) is 17.8 Å². The highest BCUT2D eigenvalue weighted by molar-refractivity contribution is 5.91. The van der Waals surface area contributed by atoms with E-state index < -0.39 is 0 Å². The maximum Gasteiger partial charge on any atom is 0.224 e. The van der Waals surface area contributed by atoms with E-state index in [2.05, 4.69) is 60.9 Å². The van der Waals surface area contributed by atoms with Crippen molar-refractivity contribution in [2.45, 2.75) is 70.8 Å². The molecule has 4 rings (SSSR count). The van der Waals surface area contributed by atoms with Gasteiger partial charge >= 0.3 is 0 Å². The molecule has 1 saturated carbocycles. The van der Waals surface area contributed by atoms with Crippen molar-refractivity contribution in [3.63, 3.8) is 0 Å².